The lowest BCUT2D eigenvalue weighted by molar-refractivity contribution is 0.165. The van der Waals surface area contributed by atoms with E-state index in [1.807, 2.05) is 12.1 Å². The van der Waals surface area contributed by atoms with E-state index in [1.165, 1.54) is 18.4 Å². The van der Waals surface area contributed by atoms with Crippen LogP contribution in [0, 0.1) is 5.92 Å². The van der Waals surface area contributed by atoms with Crippen LogP contribution in [0.5, 0.6) is 11.5 Å². The average Bonchev–Trinajstić information content (AvgIpc) is 2.41. The zero-order chi connectivity index (χ0) is 13.8. The zero-order valence-corrected chi connectivity index (χ0v) is 11.8. The van der Waals surface area contributed by atoms with E-state index in [-0.39, 0.29) is 5.75 Å². The van der Waals surface area contributed by atoms with Crippen LogP contribution in [-0.2, 0) is 6.54 Å². The summed E-state index contributed by atoms with van der Waals surface area (Å²) < 4.78 is 5.14. The summed E-state index contributed by atoms with van der Waals surface area (Å²) in [6.45, 7) is 5.19. The summed E-state index contributed by atoms with van der Waals surface area (Å²) in [5.74, 6) is 1.40. The molecule has 1 aliphatic rings. The Morgan fingerprint density at radius 3 is 2.68 bits per heavy atom. The number of aromatic hydroxyl groups is 1. The minimum atomic E-state index is 0.196. The highest BCUT2D eigenvalue weighted by molar-refractivity contribution is 5.41. The number of benzene rings is 1. The number of methoxy groups -OCH3 is 1. The molecule has 1 aromatic carbocycles. The molecule has 0 amide bonds. The number of nitrogens with two attached hydrogens (primary N) is 1. The van der Waals surface area contributed by atoms with E-state index in [9.17, 15) is 5.11 Å². The van der Waals surface area contributed by atoms with E-state index in [0.717, 1.165) is 19.6 Å². The second-order valence-corrected chi connectivity index (χ2v) is 5.48. The van der Waals surface area contributed by atoms with Gasteiger partial charge in [-0.15, -0.1) is 0 Å². The summed E-state index contributed by atoms with van der Waals surface area (Å²) >= 11 is 0. The number of phenols is 1. The first-order valence-electron chi connectivity index (χ1n) is 6.94. The molecule has 1 fully saturated rings. The summed E-state index contributed by atoms with van der Waals surface area (Å²) in [6.07, 6.45) is 2.35. The zero-order valence-electron chi connectivity index (χ0n) is 11.8. The normalized spacial score (nSPS) is 19.3. The van der Waals surface area contributed by atoms with E-state index in [4.69, 9.17) is 10.5 Å². The molecule has 2 rings (SSSR count). The number of nitrogens with zero attached hydrogens (tertiary/aromatic N) is 1. The van der Waals surface area contributed by atoms with Crippen molar-refractivity contribution in [1.82, 2.24) is 4.90 Å². The Morgan fingerprint density at radius 1 is 1.42 bits per heavy atom. The fraction of sp³-hybridized carbons (Fsp3) is 0.600. The topological polar surface area (TPSA) is 58.7 Å². The Bertz CT molecular complexity index is 413. The van der Waals surface area contributed by atoms with Crippen molar-refractivity contribution in [2.24, 2.45) is 11.7 Å². The molecular weight excluding hydrogens is 240 g/mol. The van der Waals surface area contributed by atoms with Crippen LogP contribution in [0.25, 0.3) is 0 Å². The van der Waals surface area contributed by atoms with Gasteiger partial charge in [0.1, 0.15) is 0 Å². The number of likely N-dealkylation sites (tertiary alicyclic amines) is 1. The molecule has 1 aromatic rings. The van der Waals surface area contributed by atoms with Gasteiger partial charge in [-0.3, -0.25) is 4.90 Å². The van der Waals surface area contributed by atoms with Crippen molar-refractivity contribution in [3.63, 3.8) is 0 Å². The van der Waals surface area contributed by atoms with Crippen molar-refractivity contribution in [1.29, 1.82) is 0 Å². The van der Waals surface area contributed by atoms with Crippen molar-refractivity contribution in [2.75, 3.05) is 20.2 Å². The van der Waals surface area contributed by atoms with Crippen LogP contribution < -0.4 is 10.5 Å². The fourth-order valence-electron chi connectivity index (χ4n) is 2.72. The molecule has 0 bridgehead atoms. The van der Waals surface area contributed by atoms with Crippen molar-refractivity contribution < 1.29 is 9.84 Å². The highest BCUT2D eigenvalue weighted by atomic mass is 16.5. The predicted octanol–water partition coefficient (Wildman–Crippen LogP) is 1.96. The second-order valence-electron chi connectivity index (χ2n) is 5.48. The van der Waals surface area contributed by atoms with Crippen LogP contribution in [0.4, 0.5) is 0 Å². The van der Waals surface area contributed by atoms with Gasteiger partial charge in [0.05, 0.1) is 7.11 Å². The van der Waals surface area contributed by atoms with Gasteiger partial charge < -0.3 is 15.6 Å². The number of piperidine rings is 1. The molecule has 4 nitrogen and oxygen atoms in total. The average molecular weight is 264 g/mol. The predicted molar refractivity (Wildman–Crippen MR) is 76.3 cm³/mol. The molecule has 1 saturated heterocycles. The summed E-state index contributed by atoms with van der Waals surface area (Å²) in [5.41, 5.74) is 7.13. The SMILES string of the molecule is COc1cc(CN2CCC(C(C)N)CC2)ccc1O. The molecule has 0 spiro atoms. The van der Waals surface area contributed by atoms with Crippen LogP contribution in [-0.4, -0.2) is 36.2 Å². The number of hydrogen-bond acceptors (Lipinski definition) is 4. The van der Waals surface area contributed by atoms with Gasteiger partial charge in [-0.2, -0.15) is 0 Å². The van der Waals surface area contributed by atoms with E-state index >= 15 is 0 Å². The Hall–Kier alpha value is -1.26. The van der Waals surface area contributed by atoms with Gasteiger partial charge in [0.25, 0.3) is 0 Å². The maximum Gasteiger partial charge on any atom is 0.160 e. The smallest absolute Gasteiger partial charge is 0.160 e. The lowest BCUT2D eigenvalue weighted by atomic mass is 9.91. The van der Waals surface area contributed by atoms with Crippen LogP contribution in [0.2, 0.25) is 0 Å². The van der Waals surface area contributed by atoms with Gasteiger partial charge >= 0.3 is 0 Å². The monoisotopic (exact) mass is 264 g/mol. The lowest BCUT2D eigenvalue weighted by Crippen LogP contribution is -2.39. The molecule has 1 aliphatic heterocycles. The highest BCUT2D eigenvalue weighted by Gasteiger charge is 2.21. The molecule has 19 heavy (non-hydrogen) atoms. The molecule has 0 aromatic heterocycles. The molecule has 1 heterocycles. The number of ether oxygens (including phenoxy) is 1. The Kier molecular flexibility index (Phi) is 4.66. The Balaban J connectivity index is 1.92. The first-order chi connectivity index (χ1) is 9.10. The molecular formula is C15H24N2O2. The summed E-state index contributed by atoms with van der Waals surface area (Å²) in [7, 11) is 1.58. The summed E-state index contributed by atoms with van der Waals surface area (Å²) in [6, 6.07) is 5.86. The van der Waals surface area contributed by atoms with E-state index < -0.39 is 0 Å². The van der Waals surface area contributed by atoms with E-state index in [2.05, 4.69) is 11.8 Å². The third-order valence-electron chi connectivity index (χ3n) is 4.03. The summed E-state index contributed by atoms with van der Waals surface area (Å²) in [5, 5.41) is 9.58. The van der Waals surface area contributed by atoms with Gasteiger partial charge in [0, 0.05) is 12.6 Å². The standard InChI is InChI=1S/C15H24N2O2/c1-11(16)13-5-7-17(8-6-13)10-12-3-4-14(18)15(9-12)19-2/h3-4,9,11,13,18H,5-8,10,16H2,1-2H3. The Morgan fingerprint density at radius 2 is 2.11 bits per heavy atom. The molecule has 106 valence electrons. The van der Waals surface area contributed by atoms with Crippen LogP contribution >= 0.6 is 0 Å². The molecule has 1 unspecified atom stereocenters. The fourth-order valence-corrected chi connectivity index (χ4v) is 2.72. The van der Waals surface area contributed by atoms with Crippen molar-refractivity contribution in [3.05, 3.63) is 23.8 Å². The molecule has 4 heteroatoms. The quantitative estimate of drug-likeness (QED) is 0.873. The maximum absolute atomic E-state index is 9.58. The third kappa shape index (κ3) is 3.61. The molecule has 1 atom stereocenters. The van der Waals surface area contributed by atoms with Crippen LogP contribution in [0.3, 0.4) is 0 Å². The van der Waals surface area contributed by atoms with Crippen molar-refractivity contribution in [2.45, 2.75) is 32.4 Å². The Labute approximate surface area is 115 Å². The van der Waals surface area contributed by atoms with Crippen molar-refractivity contribution in [3.8, 4) is 11.5 Å². The first kappa shape index (κ1) is 14.2. The number of phenolic OH excluding ortho intramolecular Hbond substituents is 1. The summed E-state index contributed by atoms with van der Waals surface area (Å²) in [4.78, 5) is 2.44. The first-order valence-corrected chi connectivity index (χ1v) is 6.94. The number of hydrogen-bond donors (Lipinski definition) is 2. The third-order valence-corrected chi connectivity index (χ3v) is 4.03. The molecule has 0 aliphatic carbocycles. The van der Waals surface area contributed by atoms with E-state index in [1.54, 1.807) is 13.2 Å². The van der Waals surface area contributed by atoms with Gasteiger partial charge in [-0.05, 0) is 56.5 Å². The minimum Gasteiger partial charge on any atom is -0.504 e. The maximum atomic E-state index is 9.58. The van der Waals surface area contributed by atoms with E-state index in [0.29, 0.717) is 17.7 Å². The van der Waals surface area contributed by atoms with Crippen LogP contribution in [0.1, 0.15) is 25.3 Å². The molecule has 0 radical (unpaired) electrons. The van der Waals surface area contributed by atoms with Gasteiger partial charge in [-0.25, -0.2) is 0 Å². The molecule has 3 N–H and O–H groups in total. The minimum absolute atomic E-state index is 0.196. The van der Waals surface area contributed by atoms with Gasteiger partial charge in [0.15, 0.2) is 11.5 Å². The van der Waals surface area contributed by atoms with Crippen molar-refractivity contribution >= 4 is 0 Å². The lowest BCUT2D eigenvalue weighted by Gasteiger charge is -2.33. The highest BCUT2D eigenvalue weighted by Crippen LogP contribution is 2.28. The van der Waals surface area contributed by atoms with Gasteiger partial charge in [0.2, 0.25) is 0 Å². The second kappa shape index (κ2) is 6.26. The van der Waals surface area contributed by atoms with Crippen LogP contribution in [0.15, 0.2) is 18.2 Å². The largest absolute Gasteiger partial charge is 0.504 e. The number of rotatable bonds is 4. The van der Waals surface area contributed by atoms with Gasteiger partial charge in [-0.1, -0.05) is 6.07 Å². The molecule has 0 saturated carbocycles.